The molecule has 0 bridgehead atoms. The molecule has 1 aliphatic heterocycles. The van der Waals surface area contributed by atoms with Gasteiger partial charge in [-0.2, -0.15) is 5.10 Å². The molecule has 0 aromatic heterocycles. The molecule has 4 rings (SSSR count). The molecule has 1 unspecified atom stereocenters. The topological polar surface area (TPSA) is 41.9 Å². The second kappa shape index (κ2) is 8.54. The Kier molecular flexibility index (Phi) is 5.66. The minimum absolute atomic E-state index is 0.0689. The predicted molar refractivity (Wildman–Crippen MR) is 119 cm³/mol. The van der Waals surface area contributed by atoms with Crippen molar-refractivity contribution in [3.63, 3.8) is 0 Å². The van der Waals surface area contributed by atoms with E-state index in [1.807, 2.05) is 54.6 Å². The fourth-order valence-corrected chi connectivity index (χ4v) is 3.91. The summed E-state index contributed by atoms with van der Waals surface area (Å²) in [6, 6.07) is 29.5. The van der Waals surface area contributed by atoms with Crippen molar-refractivity contribution in [2.75, 3.05) is 6.61 Å². The first-order valence-corrected chi connectivity index (χ1v) is 10.2. The summed E-state index contributed by atoms with van der Waals surface area (Å²) in [5.41, 5.74) is 3.56. The summed E-state index contributed by atoms with van der Waals surface area (Å²) in [7, 11) is 0. The predicted octanol–water partition coefficient (Wildman–Crippen LogP) is 5.16. The Morgan fingerprint density at radius 1 is 0.900 bits per heavy atom. The highest BCUT2D eigenvalue weighted by molar-refractivity contribution is 6.05. The number of hydrogen-bond donors (Lipinski definition) is 0. The van der Waals surface area contributed by atoms with E-state index < -0.39 is 0 Å². The van der Waals surface area contributed by atoms with Gasteiger partial charge < -0.3 is 4.74 Å². The lowest BCUT2D eigenvalue weighted by Crippen LogP contribution is -2.43. The molecule has 0 fully saturated rings. The van der Waals surface area contributed by atoms with E-state index in [4.69, 9.17) is 9.84 Å². The highest BCUT2D eigenvalue weighted by atomic mass is 16.5. The van der Waals surface area contributed by atoms with Gasteiger partial charge in [-0.1, -0.05) is 92.7 Å². The van der Waals surface area contributed by atoms with Crippen LogP contribution in [0.25, 0.3) is 0 Å². The number of ether oxygens (including phenoxy) is 1. The summed E-state index contributed by atoms with van der Waals surface area (Å²) in [6.45, 7) is 5.28. The van der Waals surface area contributed by atoms with Gasteiger partial charge in [-0.05, 0) is 23.3 Å². The summed E-state index contributed by atoms with van der Waals surface area (Å²) < 4.78 is 5.75. The second-order valence-electron chi connectivity index (χ2n) is 8.10. The molecule has 0 amide bonds. The van der Waals surface area contributed by atoms with Crippen LogP contribution < -0.4 is 0 Å². The molecule has 0 saturated heterocycles. The van der Waals surface area contributed by atoms with E-state index in [0.29, 0.717) is 12.1 Å². The van der Waals surface area contributed by atoms with Gasteiger partial charge in [0.15, 0.2) is 0 Å². The number of benzene rings is 3. The number of esters is 1. The third-order valence-corrected chi connectivity index (χ3v) is 5.65. The van der Waals surface area contributed by atoms with Crippen LogP contribution in [0.1, 0.15) is 35.3 Å². The molecule has 4 heteroatoms. The maximum atomic E-state index is 12.6. The largest absolute Gasteiger partial charge is 0.460 e. The van der Waals surface area contributed by atoms with Gasteiger partial charge in [-0.3, -0.25) is 5.01 Å². The van der Waals surface area contributed by atoms with Gasteiger partial charge in [0.1, 0.15) is 6.61 Å². The zero-order valence-electron chi connectivity index (χ0n) is 17.4. The van der Waals surface area contributed by atoms with Gasteiger partial charge in [-0.25, -0.2) is 4.79 Å². The van der Waals surface area contributed by atoms with Crippen LogP contribution >= 0.6 is 0 Å². The molecule has 4 nitrogen and oxygen atoms in total. The third-order valence-electron chi connectivity index (χ3n) is 5.65. The van der Waals surface area contributed by atoms with Crippen molar-refractivity contribution >= 4 is 11.7 Å². The molecular formula is C26H26N2O2. The fraction of sp³-hybridized carbons (Fsp3) is 0.231. The van der Waals surface area contributed by atoms with Gasteiger partial charge in [-0.15, -0.1) is 0 Å². The summed E-state index contributed by atoms with van der Waals surface area (Å²) in [5.74, 6) is -0.306. The highest BCUT2D eigenvalue weighted by Gasteiger charge is 2.45. The van der Waals surface area contributed by atoms with Crippen LogP contribution in [0.2, 0.25) is 0 Å². The lowest BCUT2D eigenvalue weighted by atomic mass is 9.78. The van der Waals surface area contributed by atoms with Gasteiger partial charge in [0.25, 0.3) is 0 Å². The highest BCUT2D eigenvalue weighted by Crippen LogP contribution is 2.37. The van der Waals surface area contributed by atoms with E-state index in [1.54, 1.807) is 12.1 Å². The second-order valence-corrected chi connectivity index (χ2v) is 8.10. The average Bonchev–Trinajstić information content (AvgIpc) is 3.03. The Bertz CT molecular complexity index is 1010. The van der Waals surface area contributed by atoms with Crippen molar-refractivity contribution in [2.24, 2.45) is 10.5 Å². The Hall–Kier alpha value is -3.40. The third kappa shape index (κ3) is 4.13. The average molecular weight is 399 g/mol. The summed E-state index contributed by atoms with van der Waals surface area (Å²) in [4.78, 5) is 12.6. The number of hydrazone groups is 1. The normalized spacial score (nSPS) is 17.5. The lowest BCUT2D eigenvalue weighted by Gasteiger charge is -2.33. The summed E-state index contributed by atoms with van der Waals surface area (Å²) >= 11 is 0. The molecule has 3 aromatic carbocycles. The molecule has 0 saturated carbocycles. The Morgan fingerprint density at radius 2 is 1.47 bits per heavy atom. The standard InChI is InChI=1S/C26H26N2O2/c1-26(2)23(19-30-25(29)22-16-10-5-11-17-22)28(18-20-12-6-3-7-13-20)27-24(26)21-14-8-4-9-15-21/h3-17,23H,18-19H2,1-2H3. The van der Waals surface area contributed by atoms with E-state index in [-0.39, 0.29) is 24.0 Å². The van der Waals surface area contributed by atoms with Crippen LogP contribution in [0.5, 0.6) is 0 Å². The van der Waals surface area contributed by atoms with E-state index in [1.165, 1.54) is 5.56 Å². The number of carbonyl (C=O) groups is 1. The molecule has 0 radical (unpaired) electrons. The van der Waals surface area contributed by atoms with E-state index in [9.17, 15) is 4.79 Å². The van der Waals surface area contributed by atoms with Crippen LogP contribution in [-0.2, 0) is 11.3 Å². The minimum atomic E-state index is -0.306. The summed E-state index contributed by atoms with van der Waals surface area (Å²) in [6.07, 6.45) is 0. The van der Waals surface area contributed by atoms with Crippen molar-refractivity contribution in [1.82, 2.24) is 5.01 Å². The Balaban J connectivity index is 1.59. The molecule has 1 heterocycles. The van der Waals surface area contributed by atoms with Crippen LogP contribution in [0.3, 0.4) is 0 Å². The van der Waals surface area contributed by atoms with Gasteiger partial charge in [0.05, 0.1) is 23.9 Å². The molecule has 0 N–H and O–H groups in total. The van der Waals surface area contributed by atoms with Crippen LogP contribution in [-0.4, -0.2) is 29.3 Å². The summed E-state index contributed by atoms with van der Waals surface area (Å²) in [5, 5.41) is 7.06. The molecular weight excluding hydrogens is 372 g/mol. The zero-order chi connectivity index (χ0) is 21.0. The number of rotatable bonds is 6. The van der Waals surface area contributed by atoms with Gasteiger partial charge in [0.2, 0.25) is 0 Å². The maximum absolute atomic E-state index is 12.6. The van der Waals surface area contributed by atoms with E-state index in [0.717, 1.165) is 11.3 Å². The van der Waals surface area contributed by atoms with E-state index in [2.05, 4.69) is 43.1 Å². The number of carbonyl (C=O) groups excluding carboxylic acids is 1. The van der Waals surface area contributed by atoms with Crippen molar-refractivity contribution < 1.29 is 9.53 Å². The SMILES string of the molecule is CC1(C)C(c2ccccc2)=NN(Cc2ccccc2)C1COC(=O)c1ccccc1. The molecule has 30 heavy (non-hydrogen) atoms. The smallest absolute Gasteiger partial charge is 0.338 e. The molecule has 0 spiro atoms. The molecule has 1 atom stereocenters. The van der Waals surface area contributed by atoms with Gasteiger partial charge >= 0.3 is 5.97 Å². The fourth-order valence-electron chi connectivity index (χ4n) is 3.91. The number of nitrogens with zero attached hydrogens (tertiary/aromatic N) is 2. The van der Waals surface area contributed by atoms with Crippen LogP contribution in [0.15, 0.2) is 96.1 Å². The monoisotopic (exact) mass is 398 g/mol. The molecule has 1 aliphatic rings. The quantitative estimate of drug-likeness (QED) is 0.539. The van der Waals surface area contributed by atoms with Crippen molar-refractivity contribution in [3.8, 4) is 0 Å². The lowest BCUT2D eigenvalue weighted by molar-refractivity contribution is 0.0261. The van der Waals surface area contributed by atoms with E-state index >= 15 is 0 Å². The molecule has 3 aromatic rings. The van der Waals surface area contributed by atoms with Gasteiger partial charge in [0, 0.05) is 5.41 Å². The Labute approximate surface area is 177 Å². The van der Waals surface area contributed by atoms with Crippen molar-refractivity contribution in [3.05, 3.63) is 108 Å². The molecule has 0 aliphatic carbocycles. The van der Waals surface area contributed by atoms with Crippen LogP contribution in [0.4, 0.5) is 0 Å². The first-order chi connectivity index (χ1) is 14.6. The maximum Gasteiger partial charge on any atom is 0.338 e. The number of hydrogen-bond acceptors (Lipinski definition) is 4. The van der Waals surface area contributed by atoms with Crippen LogP contribution in [0, 0.1) is 5.41 Å². The Morgan fingerprint density at radius 3 is 2.10 bits per heavy atom. The first kappa shape index (κ1) is 19.9. The van der Waals surface area contributed by atoms with Crippen molar-refractivity contribution in [2.45, 2.75) is 26.4 Å². The molecule has 152 valence electrons. The minimum Gasteiger partial charge on any atom is -0.460 e. The first-order valence-electron chi connectivity index (χ1n) is 10.2. The van der Waals surface area contributed by atoms with Crippen molar-refractivity contribution in [1.29, 1.82) is 0 Å². The zero-order valence-corrected chi connectivity index (χ0v) is 17.4.